The molecule has 2 aromatic rings. The number of rotatable bonds is 6. The Bertz CT molecular complexity index is 792. The van der Waals surface area contributed by atoms with E-state index < -0.39 is 0 Å². The zero-order chi connectivity index (χ0) is 19.6. The third-order valence-electron chi connectivity index (χ3n) is 4.46. The van der Waals surface area contributed by atoms with Crippen LogP contribution in [0.25, 0.3) is 0 Å². The molecule has 1 aliphatic rings. The monoisotopic (exact) mass is 508 g/mol. The van der Waals surface area contributed by atoms with Gasteiger partial charge in [0.2, 0.25) is 5.91 Å². The van der Waals surface area contributed by atoms with E-state index in [2.05, 4.69) is 15.5 Å². The molecule has 1 amide bonds. The van der Waals surface area contributed by atoms with Crippen LogP contribution in [0.5, 0.6) is 5.75 Å². The molecule has 1 heterocycles. The summed E-state index contributed by atoms with van der Waals surface area (Å²) in [6.45, 7) is 4.56. The van der Waals surface area contributed by atoms with Gasteiger partial charge in [-0.3, -0.25) is 4.79 Å². The van der Waals surface area contributed by atoms with Crippen molar-refractivity contribution in [3.05, 3.63) is 54.6 Å². The number of anilines is 2. The van der Waals surface area contributed by atoms with Crippen molar-refractivity contribution in [1.29, 1.82) is 0 Å². The first-order valence-electron chi connectivity index (χ1n) is 9.82. The molecule has 0 bridgehead atoms. The average molecular weight is 508 g/mol. The summed E-state index contributed by atoms with van der Waals surface area (Å²) in [4.78, 5) is 18.3. The van der Waals surface area contributed by atoms with Crippen molar-refractivity contribution in [1.82, 2.24) is 4.90 Å². The van der Waals surface area contributed by atoms with Gasteiger partial charge >= 0.3 is 0 Å². The molecule has 2 N–H and O–H groups in total. The Kier molecular flexibility index (Phi) is 9.76. The van der Waals surface area contributed by atoms with Crippen molar-refractivity contribution in [2.75, 3.05) is 36.9 Å². The van der Waals surface area contributed by atoms with Crippen molar-refractivity contribution >= 4 is 47.2 Å². The van der Waals surface area contributed by atoms with E-state index in [4.69, 9.17) is 9.73 Å². The predicted molar refractivity (Wildman–Crippen MR) is 129 cm³/mol. The Morgan fingerprint density at radius 2 is 1.72 bits per heavy atom. The van der Waals surface area contributed by atoms with Crippen molar-refractivity contribution in [3.8, 4) is 5.75 Å². The standard InChI is InChI=1S/C22H28N4O2.HI/c1-18(27)24-20-11-8-12-21(17-20)28-16-13-23-22(26-14-6-3-7-15-26)25-19-9-4-2-5-10-19;/h2,4-5,8-12,17H,3,6-7,13-16H2,1H3,(H,23,25)(H,24,27);1H. The first-order chi connectivity index (χ1) is 13.7. The lowest BCUT2D eigenvalue weighted by Gasteiger charge is -2.30. The second-order valence-electron chi connectivity index (χ2n) is 6.80. The molecule has 1 fully saturated rings. The van der Waals surface area contributed by atoms with Crippen LogP contribution in [0.4, 0.5) is 11.4 Å². The SMILES string of the molecule is CC(=O)Nc1cccc(OCCN=C(Nc2ccccc2)N2CCCCC2)c1.I. The summed E-state index contributed by atoms with van der Waals surface area (Å²) in [5, 5.41) is 6.21. The van der Waals surface area contributed by atoms with E-state index in [0.29, 0.717) is 13.2 Å². The highest BCUT2D eigenvalue weighted by Gasteiger charge is 2.14. The topological polar surface area (TPSA) is 66.0 Å². The number of benzene rings is 2. The minimum absolute atomic E-state index is 0. The normalized spacial score (nSPS) is 14.0. The number of aliphatic imine (C=N–C) groups is 1. The van der Waals surface area contributed by atoms with E-state index in [9.17, 15) is 4.79 Å². The van der Waals surface area contributed by atoms with Crippen molar-refractivity contribution in [2.24, 2.45) is 4.99 Å². The molecule has 0 spiro atoms. The molecule has 7 heteroatoms. The lowest BCUT2D eigenvalue weighted by molar-refractivity contribution is -0.114. The maximum Gasteiger partial charge on any atom is 0.221 e. The van der Waals surface area contributed by atoms with Crippen LogP contribution in [0.3, 0.4) is 0 Å². The highest BCUT2D eigenvalue weighted by Crippen LogP contribution is 2.17. The zero-order valence-electron chi connectivity index (χ0n) is 16.8. The summed E-state index contributed by atoms with van der Waals surface area (Å²) in [6.07, 6.45) is 3.67. The van der Waals surface area contributed by atoms with Gasteiger partial charge in [-0.2, -0.15) is 0 Å². The van der Waals surface area contributed by atoms with E-state index in [-0.39, 0.29) is 29.9 Å². The summed E-state index contributed by atoms with van der Waals surface area (Å²) in [7, 11) is 0. The molecule has 0 aliphatic carbocycles. The number of guanidine groups is 1. The number of ether oxygens (including phenoxy) is 1. The van der Waals surface area contributed by atoms with E-state index in [1.165, 1.54) is 26.2 Å². The maximum absolute atomic E-state index is 11.2. The Labute approximate surface area is 189 Å². The molecule has 0 unspecified atom stereocenters. The van der Waals surface area contributed by atoms with Gasteiger partial charge in [-0.05, 0) is 43.5 Å². The second kappa shape index (κ2) is 12.3. The average Bonchev–Trinajstić information content (AvgIpc) is 2.71. The number of hydrogen-bond donors (Lipinski definition) is 2. The lowest BCUT2D eigenvalue weighted by Crippen LogP contribution is -2.40. The number of nitrogens with one attached hydrogen (secondary N) is 2. The Balaban J connectivity index is 0.00000300. The molecule has 2 aromatic carbocycles. The van der Waals surface area contributed by atoms with E-state index >= 15 is 0 Å². The van der Waals surface area contributed by atoms with Crippen LogP contribution in [0.15, 0.2) is 59.6 Å². The van der Waals surface area contributed by atoms with Gasteiger partial charge < -0.3 is 20.3 Å². The van der Waals surface area contributed by atoms with Crippen LogP contribution < -0.4 is 15.4 Å². The molecular formula is C22H29IN4O2. The van der Waals surface area contributed by atoms with E-state index in [1.54, 1.807) is 0 Å². The summed E-state index contributed by atoms with van der Waals surface area (Å²) in [5.41, 5.74) is 1.77. The number of amides is 1. The fraction of sp³-hybridized carbons (Fsp3) is 0.364. The smallest absolute Gasteiger partial charge is 0.221 e. The minimum atomic E-state index is -0.0973. The van der Waals surface area contributed by atoms with Crippen LogP contribution in [0.2, 0.25) is 0 Å². The molecule has 1 aliphatic heterocycles. The minimum Gasteiger partial charge on any atom is -0.492 e. The third-order valence-corrected chi connectivity index (χ3v) is 4.46. The predicted octanol–water partition coefficient (Wildman–Crippen LogP) is 4.60. The number of piperidine rings is 1. The largest absolute Gasteiger partial charge is 0.492 e. The molecule has 1 saturated heterocycles. The third kappa shape index (κ3) is 7.92. The number of hydrogen-bond acceptors (Lipinski definition) is 3. The summed E-state index contributed by atoms with van der Waals surface area (Å²) in [6, 6.07) is 17.5. The summed E-state index contributed by atoms with van der Waals surface area (Å²) < 4.78 is 5.81. The molecule has 0 saturated carbocycles. The van der Waals surface area contributed by atoms with Gasteiger partial charge in [0, 0.05) is 37.5 Å². The molecule has 6 nitrogen and oxygen atoms in total. The molecule has 3 rings (SSSR count). The van der Waals surface area contributed by atoms with Crippen LogP contribution in [0.1, 0.15) is 26.2 Å². The van der Waals surface area contributed by atoms with Crippen molar-refractivity contribution in [3.63, 3.8) is 0 Å². The van der Waals surface area contributed by atoms with Crippen LogP contribution in [0, 0.1) is 0 Å². The number of carbonyl (C=O) groups excluding carboxylic acids is 1. The van der Waals surface area contributed by atoms with Gasteiger partial charge in [0.25, 0.3) is 0 Å². The Morgan fingerprint density at radius 3 is 2.45 bits per heavy atom. The van der Waals surface area contributed by atoms with Crippen molar-refractivity contribution < 1.29 is 9.53 Å². The maximum atomic E-state index is 11.2. The number of carbonyl (C=O) groups is 1. The fourth-order valence-electron chi connectivity index (χ4n) is 3.16. The molecule has 29 heavy (non-hydrogen) atoms. The number of para-hydroxylation sites is 1. The van der Waals surface area contributed by atoms with Gasteiger partial charge in [-0.15, -0.1) is 24.0 Å². The van der Waals surface area contributed by atoms with E-state index in [0.717, 1.165) is 36.2 Å². The zero-order valence-corrected chi connectivity index (χ0v) is 19.1. The summed E-state index contributed by atoms with van der Waals surface area (Å²) in [5.74, 6) is 1.53. The quantitative estimate of drug-likeness (QED) is 0.259. The van der Waals surface area contributed by atoms with Crippen LogP contribution >= 0.6 is 24.0 Å². The molecule has 0 atom stereocenters. The van der Waals surface area contributed by atoms with Gasteiger partial charge in [0.1, 0.15) is 12.4 Å². The van der Waals surface area contributed by atoms with Gasteiger partial charge in [0.15, 0.2) is 5.96 Å². The first kappa shape index (κ1) is 23.0. The van der Waals surface area contributed by atoms with Crippen LogP contribution in [-0.4, -0.2) is 43.0 Å². The van der Waals surface area contributed by atoms with Crippen molar-refractivity contribution in [2.45, 2.75) is 26.2 Å². The molecular weight excluding hydrogens is 479 g/mol. The highest BCUT2D eigenvalue weighted by atomic mass is 127. The van der Waals surface area contributed by atoms with Gasteiger partial charge in [-0.1, -0.05) is 24.3 Å². The van der Waals surface area contributed by atoms with E-state index in [1.807, 2.05) is 54.6 Å². The summed E-state index contributed by atoms with van der Waals surface area (Å²) >= 11 is 0. The first-order valence-corrected chi connectivity index (χ1v) is 9.82. The fourth-order valence-corrected chi connectivity index (χ4v) is 3.16. The van der Waals surface area contributed by atoms with Gasteiger partial charge in [0.05, 0.1) is 6.54 Å². The Morgan fingerprint density at radius 1 is 1.00 bits per heavy atom. The van der Waals surface area contributed by atoms with Gasteiger partial charge in [-0.25, -0.2) is 4.99 Å². The lowest BCUT2D eigenvalue weighted by atomic mass is 10.1. The highest BCUT2D eigenvalue weighted by molar-refractivity contribution is 14.0. The number of nitrogens with zero attached hydrogens (tertiary/aromatic N) is 2. The molecule has 0 radical (unpaired) electrons. The molecule has 0 aromatic heterocycles. The molecule has 156 valence electrons. The van der Waals surface area contributed by atoms with Crippen LogP contribution in [-0.2, 0) is 4.79 Å². The second-order valence-corrected chi connectivity index (χ2v) is 6.80. The number of likely N-dealkylation sites (tertiary alicyclic amines) is 1. The number of halogens is 1. The Hall–Kier alpha value is -2.29.